The topological polar surface area (TPSA) is 86.8 Å². The summed E-state index contributed by atoms with van der Waals surface area (Å²) in [4.78, 5) is 35.1. The number of fused-ring (bicyclic) bond motifs is 1. The molecule has 3 aromatic carbocycles. The molecule has 9 heteroatoms. The number of carbonyl (C=O) groups is 2. The molecule has 0 radical (unpaired) electrons. The minimum Gasteiger partial charge on any atom is -0.494 e. The predicted molar refractivity (Wildman–Crippen MR) is 145 cm³/mol. The maximum atomic E-state index is 14.0. The number of carbonyl (C=O) groups excluding carboxylic acids is 2. The number of para-hydroxylation sites is 1. The standard InChI is InChI=1S/C30H32N2O7/c1-5-6-18-38-21-14-12-19(13-15-21)31-29(33)24-25(22-16-17-23(35-2)27(37-4)26(22)36-3)32(39-28(24)30(31)34)20-10-8-7-9-11-20/h7-17,24-25,28H,5-6,18H2,1-4H3/t24-,25+,28+/m1/s1. The second-order valence-electron chi connectivity index (χ2n) is 9.29. The van der Waals surface area contributed by atoms with E-state index in [-0.39, 0.29) is 5.91 Å². The molecule has 2 aliphatic rings. The van der Waals surface area contributed by atoms with Crippen LogP contribution < -0.4 is 28.9 Å². The van der Waals surface area contributed by atoms with Crippen LogP contribution in [0.25, 0.3) is 0 Å². The van der Waals surface area contributed by atoms with E-state index in [0.29, 0.717) is 46.5 Å². The maximum Gasteiger partial charge on any atom is 0.266 e. The molecule has 0 N–H and O–H groups in total. The fourth-order valence-corrected chi connectivity index (χ4v) is 5.17. The molecule has 5 rings (SSSR count). The van der Waals surface area contributed by atoms with Gasteiger partial charge in [0.05, 0.1) is 39.3 Å². The van der Waals surface area contributed by atoms with Gasteiger partial charge in [0.1, 0.15) is 17.7 Å². The minimum atomic E-state index is -1.01. The van der Waals surface area contributed by atoms with E-state index in [2.05, 4.69) is 6.92 Å². The van der Waals surface area contributed by atoms with Gasteiger partial charge in [0.25, 0.3) is 5.91 Å². The van der Waals surface area contributed by atoms with E-state index in [4.69, 9.17) is 23.8 Å². The summed E-state index contributed by atoms with van der Waals surface area (Å²) in [7, 11) is 4.59. The summed E-state index contributed by atoms with van der Waals surface area (Å²) >= 11 is 0. The van der Waals surface area contributed by atoms with Gasteiger partial charge in [0.2, 0.25) is 11.7 Å². The Bertz CT molecular complexity index is 1330. The fourth-order valence-electron chi connectivity index (χ4n) is 5.17. The number of amides is 2. The van der Waals surface area contributed by atoms with E-state index in [0.717, 1.165) is 12.8 Å². The third-order valence-corrected chi connectivity index (χ3v) is 7.04. The Kier molecular flexibility index (Phi) is 7.60. The van der Waals surface area contributed by atoms with Crippen molar-refractivity contribution in [1.29, 1.82) is 0 Å². The van der Waals surface area contributed by atoms with E-state index < -0.39 is 24.0 Å². The first-order valence-electron chi connectivity index (χ1n) is 12.9. The lowest BCUT2D eigenvalue weighted by Crippen LogP contribution is -2.37. The van der Waals surface area contributed by atoms with Crippen molar-refractivity contribution in [3.05, 3.63) is 72.3 Å². The molecule has 9 nitrogen and oxygen atoms in total. The molecule has 0 bridgehead atoms. The van der Waals surface area contributed by atoms with Crippen LogP contribution in [0.1, 0.15) is 31.4 Å². The highest BCUT2D eigenvalue weighted by Gasteiger charge is 2.61. The number of nitrogens with zero attached hydrogens (tertiary/aromatic N) is 2. The average molecular weight is 533 g/mol. The van der Waals surface area contributed by atoms with E-state index in [1.807, 2.05) is 36.4 Å². The molecule has 2 heterocycles. The van der Waals surface area contributed by atoms with Crippen LogP contribution in [0.5, 0.6) is 23.0 Å². The molecule has 0 saturated carbocycles. The zero-order chi connectivity index (χ0) is 27.5. The largest absolute Gasteiger partial charge is 0.494 e. The van der Waals surface area contributed by atoms with E-state index in [1.54, 1.807) is 42.5 Å². The molecule has 2 aliphatic heterocycles. The van der Waals surface area contributed by atoms with Gasteiger partial charge in [0, 0.05) is 5.56 Å². The highest BCUT2D eigenvalue weighted by atomic mass is 16.7. The number of ether oxygens (including phenoxy) is 4. The molecule has 0 aromatic heterocycles. The second kappa shape index (κ2) is 11.2. The van der Waals surface area contributed by atoms with Gasteiger partial charge in [-0.2, -0.15) is 0 Å². The number of benzene rings is 3. The van der Waals surface area contributed by atoms with Crippen LogP contribution >= 0.6 is 0 Å². The highest BCUT2D eigenvalue weighted by molar-refractivity contribution is 6.24. The first kappa shape index (κ1) is 26.4. The van der Waals surface area contributed by atoms with Gasteiger partial charge in [0.15, 0.2) is 17.6 Å². The summed E-state index contributed by atoms with van der Waals surface area (Å²) in [5.41, 5.74) is 1.80. The van der Waals surface area contributed by atoms with Crippen LogP contribution in [0.4, 0.5) is 11.4 Å². The first-order valence-corrected chi connectivity index (χ1v) is 12.9. The minimum absolute atomic E-state index is 0.357. The third kappa shape index (κ3) is 4.63. The summed E-state index contributed by atoms with van der Waals surface area (Å²) in [6, 6.07) is 19.2. The number of anilines is 2. The zero-order valence-electron chi connectivity index (χ0n) is 22.5. The number of methoxy groups -OCH3 is 3. The van der Waals surface area contributed by atoms with Crippen molar-refractivity contribution in [3.8, 4) is 23.0 Å². The van der Waals surface area contributed by atoms with Crippen molar-refractivity contribution < 1.29 is 33.4 Å². The van der Waals surface area contributed by atoms with Crippen molar-refractivity contribution in [1.82, 2.24) is 0 Å². The summed E-state index contributed by atoms with van der Waals surface area (Å²) in [5.74, 6) is 0.352. The molecule has 0 aliphatic carbocycles. The van der Waals surface area contributed by atoms with Crippen molar-refractivity contribution in [2.24, 2.45) is 5.92 Å². The number of unbranched alkanes of at least 4 members (excludes halogenated alkanes) is 1. The quantitative estimate of drug-likeness (QED) is 0.268. The van der Waals surface area contributed by atoms with Crippen molar-refractivity contribution in [3.63, 3.8) is 0 Å². The number of hydrogen-bond acceptors (Lipinski definition) is 8. The number of hydrogen-bond donors (Lipinski definition) is 0. The smallest absolute Gasteiger partial charge is 0.266 e. The molecule has 3 aromatic rings. The Labute approximate surface area is 227 Å². The van der Waals surface area contributed by atoms with Gasteiger partial charge >= 0.3 is 0 Å². The molecule has 2 fully saturated rings. The van der Waals surface area contributed by atoms with E-state index in [1.165, 1.54) is 19.1 Å². The number of rotatable bonds is 10. The third-order valence-electron chi connectivity index (χ3n) is 7.04. The summed E-state index contributed by atoms with van der Waals surface area (Å²) < 4.78 is 22.6. The van der Waals surface area contributed by atoms with Crippen LogP contribution in [0.3, 0.4) is 0 Å². The van der Waals surface area contributed by atoms with Crippen LogP contribution in [0, 0.1) is 5.92 Å². The van der Waals surface area contributed by atoms with E-state index >= 15 is 0 Å². The number of hydroxylamine groups is 1. The van der Waals surface area contributed by atoms with E-state index in [9.17, 15) is 9.59 Å². The van der Waals surface area contributed by atoms with Crippen LogP contribution in [-0.2, 0) is 14.4 Å². The molecule has 0 unspecified atom stereocenters. The molecule has 204 valence electrons. The Hall–Kier alpha value is -4.24. The monoisotopic (exact) mass is 532 g/mol. The van der Waals surface area contributed by atoms with Gasteiger partial charge in [-0.1, -0.05) is 31.5 Å². The lowest BCUT2D eigenvalue weighted by Gasteiger charge is -2.30. The zero-order valence-corrected chi connectivity index (χ0v) is 22.5. The predicted octanol–water partition coefficient (Wildman–Crippen LogP) is 4.94. The summed E-state index contributed by atoms with van der Waals surface area (Å²) in [6.07, 6.45) is 0.967. The lowest BCUT2D eigenvalue weighted by molar-refractivity contribution is -0.126. The normalized spacial score (nSPS) is 20.3. The van der Waals surface area contributed by atoms with Gasteiger partial charge in [-0.25, -0.2) is 9.96 Å². The van der Waals surface area contributed by atoms with Gasteiger partial charge < -0.3 is 18.9 Å². The van der Waals surface area contributed by atoms with Crippen LogP contribution in [0.15, 0.2) is 66.7 Å². The second-order valence-corrected chi connectivity index (χ2v) is 9.29. The summed E-state index contributed by atoms with van der Waals surface area (Å²) in [6.45, 7) is 2.71. The average Bonchev–Trinajstić information content (AvgIpc) is 3.48. The highest BCUT2D eigenvalue weighted by Crippen LogP contribution is 2.52. The first-order chi connectivity index (χ1) is 19.0. The SMILES string of the molecule is CCCCOc1ccc(N2C(=O)[C@H]3[C@H](ON(c4ccccc4)[C@H]3c3ccc(OC)c(OC)c3OC)C2=O)cc1. The van der Waals surface area contributed by atoms with Gasteiger partial charge in [-0.05, 0) is 55.0 Å². The Morgan fingerprint density at radius 1 is 0.795 bits per heavy atom. The maximum absolute atomic E-state index is 14.0. The lowest BCUT2D eigenvalue weighted by atomic mass is 9.89. The molecule has 0 spiro atoms. The number of imide groups is 1. The Morgan fingerprint density at radius 2 is 1.51 bits per heavy atom. The fraction of sp³-hybridized carbons (Fsp3) is 0.333. The molecule has 3 atom stereocenters. The van der Waals surface area contributed by atoms with Gasteiger partial charge in [-0.3, -0.25) is 14.4 Å². The van der Waals surface area contributed by atoms with Crippen molar-refractivity contribution >= 4 is 23.2 Å². The summed E-state index contributed by atoms with van der Waals surface area (Å²) in [5, 5.41) is 1.62. The van der Waals surface area contributed by atoms with Crippen LogP contribution in [0.2, 0.25) is 0 Å². The molecule has 39 heavy (non-hydrogen) atoms. The molecular weight excluding hydrogens is 500 g/mol. The Balaban J connectivity index is 1.55. The van der Waals surface area contributed by atoms with Gasteiger partial charge in [-0.15, -0.1) is 0 Å². The molecule has 2 saturated heterocycles. The Morgan fingerprint density at radius 3 is 2.15 bits per heavy atom. The van der Waals surface area contributed by atoms with Crippen LogP contribution in [-0.4, -0.2) is 45.9 Å². The van der Waals surface area contributed by atoms with Crippen molar-refractivity contribution in [2.75, 3.05) is 37.9 Å². The molecular formula is C30H32N2O7. The molecule has 2 amide bonds. The van der Waals surface area contributed by atoms with Crippen molar-refractivity contribution in [2.45, 2.75) is 31.9 Å².